The number of benzene rings is 1. The third kappa shape index (κ3) is 2.99. The molecule has 1 aliphatic rings. The molecule has 2 N–H and O–H groups in total. The Kier molecular flexibility index (Phi) is 3.38. The Morgan fingerprint density at radius 1 is 1.32 bits per heavy atom. The molecule has 0 saturated carbocycles. The minimum Gasteiger partial charge on any atom is -0.321 e. The van der Waals surface area contributed by atoms with E-state index < -0.39 is 0 Å². The van der Waals surface area contributed by atoms with E-state index >= 15 is 0 Å². The number of nitrogens with zero attached hydrogens (tertiary/aromatic N) is 1. The van der Waals surface area contributed by atoms with E-state index in [-0.39, 0.29) is 29.4 Å². The van der Waals surface area contributed by atoms with Crippen LogP contribution in [0, 0.1) is 0 Å². The number of nitrogens with one attached hydrogen (secondary N) is 2. The van der Waals surface area contributed by atoms with Crippen LogP contribution in [0.25, 0.3) is 0 Å². The van der Waals surface area contributed by atoms with Crippen LogP contribution in [-0.4, -0.2) is 17.5 Å². The van der Waals surface area contributed by atoms with Crippen LogP contribution in [0.2, 0.25) is 0 Å². The fourth-order valence-electron chi connectivity index (χ4n) is 1.93. The van der Waals surface area contributed by atoms with E-state index in [0.717, 1.165) is 11.3 Å². The van der Waals surface area contributed by atoms with Crippen molar-refractivity contribution in [1.29, 1.82) is 0 Å². The Labute approximate surface area is 112 Å². The summed E-state index contributed by atoms with van der Waals surface area (Å²) in [5.74, 6) is -0.593. The highest BCUT2D eigenvalue weighted by atomic mass is 16.2. The van der Waals surface area contributed by atoms with Crippen molar-refractivity contribution in [2.75, 3.05) is 5.32 Å². The Morgan fingerprint density at radius 2 is 2.00 bits per heavy atom. The van der Waals surface area contributed by atoms with Crippen molar-refractivity contribution in [2.45, 2.75) is 32.6 Å². The molecular weight excluding hydrogens is 242 g/mol. The standard InChI is InChI=1S/C14H17N3O2/c1-14(2,3)9-6-4-5-7-10(9)15-13(19)11-8-12(18)17-16-11/h4-7H,8H2,1-3H3,(H,15,19)(H,17,18). The Morgan fingerprint density at radius 3 is 2.58 bits per heavy atom. The maximum absolute atomic E-state index is 12.0. The number of hydrazone groups is 1. The number of hydrogen-bond acceptors (Lipinski definition) is 3. The number of hydrogen-bond donors (Lipinski definition) is 2. The molecule has 0 fully saturated rings. The molecule has 0 aromatic heterocycles. The van der Waals surface area contributed by atoms with Gasteiger partial charge in [0.05, 0.1) is 6.42 Å². The lowest BCUT2D eigenvalue weighted by Crippen LogP contribution is -2.24. The zero-order chi connectivity index (χ0) is 14.0. The van der Waals surface area contributed by atoms with E-state index in [1.165, 1.54) is 0 Å². The molecule has 100 valence electrons. The summed E-state index contributed by atoms with van der Waals surface area (Å²) in [4.78, 5) is 23.0. The second kappa shape index (κ2) is 4.84. The minimum atomic E-state index is -0.338. The number of carbonyl (C=O) groups excluding carboxylic acids is 2. The van der Waals surface area contributed by atoms with Gasteiger partial charge in [0.1, 0.15) is 5.71 Å². The highest BCUT2D eigenvalue weighted by Gasteiger charge is 2.24. The quantitative estimate of drug-likeness (QED) is 0.850. The molecule has 19 heavy (non-hydrogen) atoms. The molecular formula is C14H17N3O2. The maximum atomic E-state index is 12.0. The van der Waals surface area contributed by atoms with Gasteiger partial charge in [0.25, 0.3) is 5.91 Å². The molecule has 1 heterocycles. The molecule has 2 rings (SSSR count). The van der Waals surface area contributed by atoms with E-state index in [0.29, 0.717) is 0 Å². The second-order valence-corrected chi connectivity index (χ2v) is 5.52. The fourth-order valence-corrected chi connectivity index (χ4v) is 1.93. The topological polar surface area (TPSA) is 70.6 Å². The van der Waals surface area contributed by atoms with Gasteiger partial charge in [-0.25, -0.2) is 5.43 Å². The SMILES string of the molecule is CC(C)(C)c1ccccc1NC(=O)C1=NNC(=O)C1. The van der Waals surface area contributed by atoms with E-state index in [2.05, 4.69) is 36.6 Å². The van der Waals surface area contributed by atoms with Crippen molar-refractivity contribution in [3.63, 3.8) is 0 Å². The number of carbonyl (C=O) groups is 2. The molecule has 0 saturated heterocycles. The van der Waals surface area contributed by atoms with Crippen LogP contribution >= 0.6 is 0 Å². The van der Waals surface area contributed by atoms with E-state index in [1.807, 2.05) is 24.3 Å². The molecule has 2 amide bonds. The van der Waals surface area contributed by atoms with Gasteiger partial charge in [-0.1, -0.05) is 39.0 Å². The van der Waals surface area contributed by atoms with Crippen LogP contribution in [0.3, 0.4) is 0 Å². The summed E-state index contributed by atoms with van der Waals surface area (Å²) >= 11 is 0. The molecule has 1 aromatic rings. The predicted molar refractivity (Wildman–Crippen MR) is 74.0 cm³/mol. The first-order valence-corrected chi connectivity index (χ1v) is 6.14. The molecule has 5 nitrogen and oxygen atoms in total. The average Bonchev–Trinajstić information content (AvgIpc) is 2.75. The predicted octanol–water partition coefficient (Wildman–Crippen LogP) is 1.80. The smallest absolute Gasteiger partial charge is 0.272 e. The van der Waals surface area contributed by atoms with Gasteiger partial charge in [-0.15, -0.1) is 0 Å². The van der Waals surface area contributed by atoms with Crippen LogP contribution < -0.4 is 10.7 Å². The van der Waals surface area contributed by atoms with Gasteiger partial charge in [-0.3, -0.25) is 9.59 Å². The maximum Gasteiger partial charge on any atom is 0.272 e. The summed E-state index contributed by atoms with van der Waals surface area (Å²) < 4.78 is 0. The lowest BCUT2D eigenvalue weighted by molar-refractivity contribution is -0.119. The molecule has 1 aliphatic heterocycles. The summed E-state index contributed by atoms with van der Waals surface area (Å²) in [7, 11) is 0. The van der Waals surface area contributed by atoms with Crippen molar-refractivity contribution < 1.29 is 9.59 Å². The van der Waals surface area contributed by atoms with Crippen molar-refractivity contribution in [1.82, 2.24) is 5.43 Å². The van der Waals surface area contributed by atoms with Crippen LogP contribution in [-0.2, 0) is 15.0 Å². The lowest BCUT2D eigenvalue weighted by atomic mass is 9.86. The van der Waals surface area contributed by atoms with E-state index in [4.69, 9.17) is 0 Å². The minimum absolute atomic E-state index is 0.0313. The van der Waals surface area contributed by atoms with E-state index in [9.17, 15) is 9.59 Å². The van der Waals surface area contributed by atoms with Crippen molar-refractivity contribution in [3.8, 4) is 0 Å². The first-order chi connectivity index (χ1) is 8.88. The monoisotopic (exact) mass is 259 g/mol. The van der Waals surface area contributed by atoms with Gasteiger partial charge in [0, 0.05) is 5.69 Å². The molecule has 0 aliphatic carbocycles. The Hall–Kier alpha value is -2.17. The largest absolute Gasteiger partial charge is 0.321 e. The molecule has 0 atom stereocenters. The summed E-state index contributed by atoms with van der Waals surface area (Å²) in [6, 6.07) is 7.64. The molecule has 5 heteroatoms. The Bertz CT molecular complexity index is 556. The summed E-state index contributed by atoms with van der Waals surface area (Å²) in [6.45, 7) is 6.24. The van der Waals surface area contributed by atoms with Gasteiger partial charge in [-0.05, 0) is 17.0 Å². The third-order valence-corrected chi connectivity index (χ3v) is 2.89. The van der Waals surface area contributed by atoms with Crippen molar-refractivity contribution in [2.24, 2.45) is 5.10 Å². The highest BCUT2D eigenvalue weighted by Crippen LogP contribution is 2.29. The molecule has 0 spiro atoms. The average molecular weight is 259 g/mol. The number of amides is 2. The zero-order valence-corrected chi connectivity index (χ0v) is 11.3. The van der Waals surface area contributed by atoms with Crippen LogP contribution in [0.4, 0.5) is 5.69 Å². The van der Waals surface area contributed by atoms with Gasteiger partial charge < -0.3 is 5.32 Å². The van der Waals surface area contributed by atoms with Crippen LogP contribution in [0.15, 0.2) is 29.4 Å². The lowest BCUT2D eigenvalue weighted by Gasteiger charge is -2.22. The van der Waals surface area contributed by atoms with Crippen molar-refractivity contribution in [3.05, 3.63) is 29.8 Å². The van der Waals surface area contributed by atoms with Crippen LogP contribution in [0.5, 0.6) is 0 Å². The molecule has 0 radical (unpaired) electrons. The first kappa shape index (κ1) is 13.3. The highest BCUT2D eigenvalue weighted by molar-refractivity contribution is 6.46. The van der Waals surface area contributed by atoms with Gasteiger partial charge in [-0.2, -0.15) is 5.10 Å². The summed E-state index contributed by atoms with van der Waals surface area (Å²) in [6.07, 6.45) is 0.0313. The number of para-hydroxylation sites is 1. The zero-order valence-electron chi connectivity index (χ0n) is 11.3. The third-order valence-electron chi connectivity index (χ3n) is 2.89. The van der Waals surface area contributed by atoms with Crippen LogP contribution in [0.1, 0.15) is 32.8 Å². The summed E-state index contributed by atoms with van der Waals surface area (Å²) in [5, 5.41) is 6.53. The van der Waals surface area contributed by atoms with Gasteiger partial charge in [0.2, 0.25) is 5.91 Å². The molecule has 0 unspecified atom stereocenters. The Balaban J connectivity index is 2.20. The number of anilines is 1. The first-order valence-electron chi connectivity index (χ1n) is 6.14. The van der Waals surface area contributed by atoms with Gasteiger partial charge in [0.15, 0.2) is 0 Å². The van der Waals surface area contributed by atoms with E-state index in [1.54, 1.807) is 0 Å². The van der Waals surface area contributed by atoms with Gasteiger partial charge >= 0.3 is 0 Å². The molecule has 1 aromatic carbocycles. The summed E-state index contributed by atoms with van der Waals surface area (Å²) in [5.41, 5.74) is 4.21. The normalized spacial score (nSPS) is 14.9. The number of rotatable bonds is 2. The molecule has 0 bridgehead atoms. The second-order valence-electron chi connectivity index (χ2n) is 5.52. The van der Waals surface area contributed by atoms with Crippen molar-refractivity contribution >= 4 is 23.2 Å². The fraction of sp³-hybridized carbons (Fsp3) is 0.357.